The number of hydrogen-bond acceptors (Lipinski definition) is 16. The number of carbonyl (C=O) groups excluding carboxylic acids is 1. The van der Waals surface area contributed by atoms with Crippen LogP contribution in [0.15, 0.2) is 134 Å². The van der Waals surface area contributed by atoms with Gasteiger partial charge >= 0.3 is 6.09 Å². The second kappa shape index (κ2) is 26.5. The monoisotopic (exact) mass is 1120 g/mol. The van der Waals surface area contributed by atoms with Gasteiger partial charge in [0.1, 0.15) is 34.3 Å². The maximum absolute atomic E-state index is 12.5. The number of rotatable bonds is 17. The van der Waals surface area contributed by atoms with Crippen molar-refractivity contribution in [1.29, 1.82) is 0 Å². The van der Waals surface area contributed by atoms with Crippen molar-refractivity contribution in [3.05, 3.63) is 140 Å². The predicted molar refractivity (Wildman–Crippen MR) is 325 cm³/mol. The van der Waals surface area contributed by atoms with Gasteiger partial charge in [-0.2, -0.15) is 10.2 Å². The molecular weight excluding hydrogens is 1050 g/mol. The molecule has 4 aromatic heterocycles. The van der Waals surface area contributed by atoms with E-state index >= 15 is 0 Å². The summed E-state index contributed by atoms with van der Waals surface area (Å²) < 4.78 is 36.8. The third kappa shape index (κ3) is 14.9. The number of ether oxygens (including phenoxy) is 6. The summed E-state index contributed by atoms with van der Waals surface area (Å²) in [7, 11) is 10.1. The SMILES string of the molecule is COc1cc(OC)cc(N(CCNC(C)C)c2ccc3ncc(-c4cnn(C5CCN(C(=O)OC(C)(C)C)CC5)c4)nc3c2)c1.COc1cccc(C#CCN(c2cc(OC)cc(OC)c2)c2ccc3ncc(-c4cnn(C)c4)nc3c2)c1. The molecule has 10 rings (SSSR count). The molecule has 430 valence electrons. The molecule has 1 aliphatic rings. The number of nitrogens with one attached hydrogen (secondary N) is 1. The van der Waals surface area contributed by atoms with Crippen LogP contribution < -0.4 is 38.8 Å². The summed E-state index contributed by atoms with van der Waals surface area (Å²) in [6.45, 7) is 13.1. The summed E-state index contributed by atoms with van der Waals surface area (Å²) >= 11 is 0. The van der Waals surface area contributed by atoms with E-state index in [4.69, 9.17) is 43.4 Å². The molecule has 5 aromatic carbocycles. The number of anilines is 4. The van der Waals surface area contributed by atoms with Crippen molar-refractivity contribution in [3.63, 3.8) is 0 Å². The summed E-state index contributed by atoms with van der Waals surface area (Å²) in [5.41, 5.74) is 10.6. The minimum absolute atomic E-state index is 0.199. The second-order valence-electron chi connectivity index (χ2n) is 21.2. The van der Waals surface area contributed by atoms with Gasteiger partial charge in [0.25, 0.3) is 0 Å². The number of aromatic nitrogens is 8. The highest BCUT2D eigenvalue weighted by Gasteiger charge is 2.28. The molecule has 0 saturated carbocycles. The number of hydrogen-bond donors (Lipinski definition) is 1. The van der Waals surface area contributed by atoms with Gasteiger partial charge in [0.15, 0.2) is 0 Å². The van der Waals surface area contributed by atoms with Crippen LogP contribution in [0.3, 0.4) is 0 Å². The van der Waals surface area contributed by atoms with Crippen LogP contribution >= 0.6 is 0 Å². The number of likely N-dealkylation sites (tertiary alicyclic amines) is 1. The first-order chi connectivity index (χ1) is 40.1. The lowest BCUT2D eigenvalue weighted by atomic mass is 10.1. The first kappa shape index (κ1) is 58.3. The maximum atomic E-state index is 12.5. The van der Waals surface area contributed by atoms with Crippen molar-refractivity contribution >= 4 is 50.9 Å². The van der Waals surface area contributed by atoms with Gasteiger partial charge in [-0.25, -0.2) is 14.8 Å². The van der Waals surface area contributed by atoms with E-state index in [-0.39, 0.29) is 12.1 Å². The van der Waals surface area contributed by atoms with E-state index in [0.717, 1.165) is 116 Å². The lowest BCUT2D eigenvalue weighted by molar-refractivity contribution is 0.0184. The molecule has 0 bridgehead atoms. The van der Waals surface area contributed by atoms with Crippen LogP contribution in [0.2, 0.25) is 0 Å². The standard InChI is InChI=1S/C34H45N7O4.C30H27N5O3/c1-23(2)35-12-15-40(27-16-28(43-6)19-29(17-27)44-7)26-8-9-30-31(18-26)38-32(21-36-30)24-20-37-41(22-24)25-10-13-39(14-11-25)33(42)45-34(3,4)5;1-34-20-22(18-32-34)30-19-31-28-11-10-23(16-29(28)33-30)35(24-14-26(37-3)17-27(15-24)38-4)12-6-8-21-7-5-9-25(13-21)36-2/h8-9,16-23,25,35H,10-15H2,1-7H3;5,7,9-11,13-20H,12H2,1-4H3. The Bertz CT molecular complexity index is 3700. The molecule has 0 radical (unpaired) electrons. The Labute approximate surface area is 485 Å². The molecule has 1 fully saturated rings. The van der Waals surface area contributed by atoms with E-state index in [1.54, 1.807) is 63.7 Å². The Morgan fingerprint density at radius 1 is 0.639 bits per heavy atom. The lowest BCUT2D eigenvalue weighted by Gasteiger charge is -2.33. The first-order valence-electron chi connectivity index (χ1n) is 27.5. The highest BCUT2D eigenvalue weighted by Crippen LogP contribution is 2.36. The van der Waals surface area contributed by atoms with Crippen molar-refractivity contribution < 1.29 is 33.2 Å². The van der Waals surface area contributed by atoms with Gasteiger partial charge in [-0.15, -0.1) is 0 Å². The van der Waals surface area contributed by atoms with Crippen LogP contribution in [0.25, 0.3) is 44.6 Å². The first-order valence-corrected chi connectivity index (χ1v) is 27.5. The molecule has 0 aliphatic carbocycles. The van der Waals surface area contributed by atoms with Crippen LogP contribution in [0, 0.1) is 11.8 Å². The molecule has 83 heavy (non-hydrogen) atoms. The Morgan fingerprint density at radius 2 is 1.18 bits per heavy atom. The summed E-state index contributed by atoms with van der Waals surface area (Å²) in [6, 6.07) is 32.1. The van der Waals surface area contributed by atoms with Gasteiger partial charge in [0, 0.05) is 128 Å². The number of benzene rings is 5. The van der Waals surface area contributed by atoms with Gasteiger partial charge in [0.2, 0.25) is 0 Å². The van der Waals surface area contributed by atoms with Crippen molar-refractivity contribution in [2.24, 2.45) is 7.05 Å². The molecule has 5 heterocycles. The lowest BCUT2D eigenvalue weighted by Crippen LogP contribution is -2.42. The Hall–Kier alpha value is -9.41. The van der Waals surface area contributed by atoms with Crippen molar-refractivity contribution in [3.8, 4) is 63.1 Å². The number of amides is 1. The third-order valence-corrected chi connectivity index (χ3v) is 13.8. The zero-order valence-electron chi connectivity index (χ0n) is 49.1. The summed E-state index contributed by atoms with van der Waals surface area (Å²) in [6.07, 6.45) is 12.5. The molecule has 9 aromatic rings. The summed E-state index contributed by atoms with van der Waals surface area (Å²) in [5, 5.41) is 12.4. The topological polar surface area (TPSA) is 181 Å². The van der Waals surface area contributed by atoms with Crippen molar-refractivity contribution in [2.45, 2.75) is 65.1 Å². The van der Waals surface area contributed by atoms with E-state index in [0.29, 0.717) is 37.2 Å². The van der Waals surface area contributed by atoms with Gasteiger partial charge in [-0.3, -0.25) is 19.3 Å². The highest BCUT2D eigenvalue weighted by atomic mass is 16.6. The largest absolute Gasteiger partial charge is 0.497 e. The molecule has 0 spiro atoms. The third-order valence-electron chi connectivity index (χ3n) is 13.8. The smallest absolute Gasteiger partial charge is 0.410 e. The average Bonchev–Trinajstić information content (AvgIpc) is 4.23. The number of nitrogens with zero attached hydrogens (tertiary/aromatic N) is 11. The van der Waals surface area contributed by atoms with Crippen molar-refractivity contribution in [2.75, 3.05) is 78.1 Å². The minimum atomic E-state index is -0.502. The number of methoxy groups -OCH3 is 5. The quantitative estimate of drug-likeness (QED) is 0.0850. The van der Waals surface area contributed by atoms with E-state index < -0.39 is 5.60 Å². The van der Waals surface area contributed by atoms with Crippen LogP contribution in [0.4, 0.5) is 27.5 Å². The molecule has 0 unspecified atom stereocenters. The van der Waals surface area contributed by atoms with E-state index in [1.165, 1.54) is 0 Å². The van der Waals surface area contributed by atoms with Crippen molar-refractivity contribution in [1.82, 2.24) is 49.7 Å². The Morgan fingerprint density at radius 3 is 1.71 bits per heavy atom. The van der Waals surface area contributed by atoms with E-state index in [2.05, 4.69) is 68.1 Å². The minimum Gasteiger partial charge on any atom is -0.497 e. The molecular formula is C64H72N12O7. The maximum Gasteiger partial charge on any atom is 0.410 e. The molecule has 0 atom stereocenters. The summed E-state index contributed by atoms with van der Waals surface area (Å²) in [5.74, 6) is 10.1. The second-order valence-corrected chi connectivity index (χ2v) is 21.2. The molecule has 1 saturated heterocycles. The zero-order valence-corrected chi connectivity index (χ0v) is 49.1. The normalized spacial score (nSPS) is 12.5. The molecule has 1 aliphatic heterocycles. The number of carbonyl (C=O) groups is 1. The fraction of sp³-hybridized carbons (Fsp3) is 0.328. The van der Waals surface area contributed by atoms with Crippen LogP contribution in [0.1, 0.15) is 59.1 Å². The number of piperidine rings is 1. The van der Waals surface area contributed by atoms with Crippen LogP contribution in [-0.2, 0) is 11.8 Å². The Balaban J connectivity index is 0.000000202. The molecule has 19 nitrogen and oxygen atoms in total. The zero-order chi connectivity index (χ0) is 58.6. The van der Waals surface area contributed by atoms with Gasteiger partial charge in [-0.1, -0.05) is 31.8 Å². The van der Waals surface area contributed by atoms with E-state index in [1.807, 2.05) is 136 Å². The molecule has 1 amide bonds. The van der Waals surface area contributed by atoms with Crippen LogP contribution in [0.5, 0.6) is 28.7 Å². The van der Waals surface area contributed by atoms with E-state index in [9.17, 15) is 4.79 Å². The average molecular weight is 1120 g/mol. The summed E-state index contributed by atoms with van der Waals surface area (Å²) in [4.78, 5) is 37.8. The predicted octanol–water partition coefficient (Wildman–Crippen LogP) is 11.5. The fourth-order valence-corrected chi connectivity index (χ4v) is 9.50. The molecule has 19 heteroatoms. The van der Waals surface area contributed by atoms with Crippen LogP contribution in [-0.4, -0.2) is 130 Å². The van der Waals surface area contributed by atoms with Gasteiger partial charge in [0.05, 0.1) is 106 Å². The highest BCUT2D eigenvalue weighted by molar-refractivity contribution is 5.84. The number of fused-ring (bicyclic) bond motifs is 2. The van der Waals surface area contributed by atoms with Gasteiger partial charge in [-0.05, 0) is 88.2 Å². The fourth-order valence-electron chi connectivity index (χ4n) is 9.50. The van der Waals surface area contributed by atoms with Gasteiger partial charge < -0.3 is 48.4 Å². The molecule has 1 N–H and O–H groups in total. The number of aryl methyl sites for hydroxylation is 1. The Kier molecular flexibility index (Phi) is 18.6.